The molecule has 0 unspecified atom stereocenters. The minimum absolute atomic E-state index is 0.928. The van der Waals surface area contributed by atoms with E-state index in [9.17, 15) is 0 Å². The molecule has 0 N–H and O–H groups in total. The molecule has 0 radical (unpaired) electrons. The van der Waals surface area contributed by atoms with E-state index in [0.717, 1.165) is 61.5 Å². The van der Waals surface area contributed by atoms with Crippen LogP contribution in [0.1, 0.15) is 0 Å². The van der Waals surface area contributed by atoms with Crippen molar-refractivity contribution in [3.63, 3.8) is 0 Å². The van der Waals surface area contributed by atoms with Crippen molar-refractivity contribution >= 4 is 43.5 Å². The molecule has 57 heavy (non-hydrogen) atoms. The van der Waals surface area contributed by atoms with Crippen LogP contribution in [0.3, 0.4) is 0 Å². The maximum Gasteiger partial charge on any atom is 0.0722 e. The molecular formula is C54H35N3. The van der Waals surface area contributed by atoms with Gasteiger partial charge in [-0.1, -0.05) is 158 Å². The van der Waals surface area contributed by atoms with Crippen molar-refractivity contribution in [3.05, 3.63) is 212 Å². The van der Waals surface area contributed by atoms with Crippen LogP contribution >= 0.6 is 0 Å². The summed E-state index contributed by atoms with van der Waals surface area (Å²) < 4.78 is 2.36. The molecule has 0 saturated carbocycles. The van der Waals surface area contributed by atoms with Gasteiger partial charge in [-0.3, -0.25) is 0 Å². The molecule has 3 heteroatoms. The molecule has 0 fully saturated rings. The van der Waals surface area contributed by atoms with Gasteiger partial charge in [-0.15, -0.1) is 0 Å². The van der Waals surface area contributed by atoms with E-state index in [0.29, 0.717) is 0 Å². The Bertz CT molecular complexity index is 3200. The number of benzene rings is 8. The summed E-state index contributed by atoms with van der Waals surface area (Å²) in [5.41, 5.74) is 15.1. The Hall–Kier alpha value is -7.62. The molecule has 0 amide bonds. The van der Waals surface area contributed by atoms with Crippen molar-refractivity contribution in [2.75, 3.05) is 0 Å². The van der Waals surface area contributed by atoms with E-state index in [2.05, 4.69) is 211 Å². The molecular weight excluding hydrogens is 691 g/mol. The Morgan fingerprint density at radius 2 is 0.807 bits per heavy atom. The van der Waals surface area contributed by atoms with E-state index in [1.165, 1.54) is 43.7 Å². The molecule has 0 aliphatic rings. The highest BCUT2D eigenvalue weighted by Crippen LogP contribution is 2.40. The largest absolute Gasteiger partial charge is 0.309 e. The first kappa shape index (κ1) is 32.8. The molecule has 0 bridgehead atoms. The molecule has 3 nitrogen and oxygen atoms in total. The van der Waals surface area contributed by atoms with Crippen LogP contribution in [0.15, 0.2) is 212 Å². The summed E-state index contributed by atoms with van der Waals surface area (Å²) in [7, 11) is 0. The standard InChI is InChI=1S/C54H35N3/c1-4-14-36(15-5-1)47-35-51(39-18-8-3-9-19-39)55-48-31-28-37-24-25-41(32-46(37)54(47)48)42-33-49(38-16-6-2-7-17-38)56-50(34-42)40-26-29-43(30-27-40)57-52-22-12-10-20-44(52)45-21-11-13-23-53(45)57/h1-35H. The third-order valence-electron chi connectivity index (χ3n) is 11.2. The maximum atomic E-state index is 5.28. The Balaban J connectivity index is 1.08. The van der Waals surface area contributed by atoms with Gasteiger partial charge < -0.3 is 4.57 Å². The predicted molar refractivity (Wildman–Crippen MR) is 239 cm³/mol. The van der Waals surface area contributed by atoms with E-state index in [-0.39, 0.29) is 0 Å². The van der Waals surface area contributed by atoms with Gasteiger partial charge in [0.05, 0.1) is 33.6 Å². The van der Waals surface area contributed by atoms with Crippen LogP contribution in [-0.4, -0.2) is 14.5 Å². The average Bonchev–Trinajstić information content (AvgIpc) is 3.63. The number of fused-ring (bicyclic) bond motifs is 6. The number of hydrogen-bond donors (Lipinski definition) is 0. The van der Waals surface area contributed by atoms with Gasteiger partial charge in [-0.25, -0.2) is 9.97 Å². The molecule has 11 rings (SSSR count). The monoisotopic (exact) mass is 725 g/mol. The number of pyridine rings is 2. The van der Waals surface area contributed by atoms with Gasteiger partial charge in [-0.2, -0.15) is 0 Å². The zero-order chi connectivity index (χ0) is 37.7. The molecule has 0 spiro atoms. The number of rotatable bonds is 6. The summed E-state index contributed by atoms with van der Waals surface area (Å²) in [6.45, 7) is 0. The van der Waals surface area contributed by atoms with E-state index in [1.807, 2.05) is 6.07 Å². The summed E-state index contributed by atoms with van der Waals surface area (Å²) in [4.78, 5) is 10.5. The van der Waals surface area contributed by atoms with Gasteiger partial charge >= 0.3 is 0 Å². The number of nitrogens with zero attached hydrogens (tertiary/aromatic N) is 3. The second-order valence-electron chi connectivity index (χ2n) is 14.6. The molecule has 3 heterocycles. The molecule has 0 aliphatic carbocycles. The summed E-state index contributed by atoms with van der Waals surface area (Å²) in [5.74, 6) is 0. The molecule has 0 atom stereocenters. The third kappa shape index (κ3) is 5.76. The van der Waals surface area contributed by atoms with E-state index in [1.54, 1.807) is 0 Å². The number of hydrogen-bond acceptors (Lipinski definition) is 2. The van der Waals surface area contributed by atoms with Crippen LogP contribution in [0.2, 0.25) is 0 Å². The van der Waals surface area contributed by atoms with Crippen LogP contribution < -0.4 is 0 Å². The molecule has 0 aliphatic heterocycles. The molecule has 11 aromatic rings. The lowest BCUT2D eigenvalue weighted by molar-refractivity contribution is 1.18. The second kappa shape index (κ2) is 13.6. The number of para-hydroxylation sites is 2. The predicted octanol–water partition coefficient (Wildman–Crippen LogP) is 14.2. The summed E-state index contributed by atoms with van der Waals surface area (Å²) >= 11 is 0. The molecule has 8 aromatic carbocycles. The lowest BCUT2D eigenvalue weighted by atomic mass is 9.92. The van der Waals surface area contributed by atoms with Crippen LogP contribution in [0, 0.1) is 0 Å². The minimum atomic E-state index is 0.928. The van der Waals surface area contributed by atoms with Gasteiger partial charge in [0.1, 0.15) is 0 Å². The maximum absolute atomic E-state index is 5.28. The van der Waals surface area contributed by atoms with Crippen LogP contribution in [0.25, 0.3) is 105 Å². The Kier molecular flexibility index (Phi) is 7.82. The Labute approximate surface area is 330 Å². The first-order chi connectivity index (χ1) is 28.2. The minimum Gasteiger partial charge on any atom is -0.309 e. The van der Waals surface area contributed by atoms with Gasteiger partial charge in [0.25, 0.3) is 0 Å². The van der Waals surface area contributed by atoms with Crippen molar-refractivity contribution in [1.82, 2.24) is 14.5 Å². The van der Waals surface area contributed by atoms with Crippen molar-refractivity contribution in [3.8, 4) is 61.7 Å². The topological polar surface area (TPSA) is 30.7 Å². The van der Waals surface area contributed by atoms with Gasteiger partial charge in [-0.05, 0) is 87.6 Å². The lowest BCUT2D eigenvalue weighted by Crippen LogP contribution is -1.95. The van der Waals surface area contributed by atoms with Crippen molar-refractivity contribution in [1.29, 1.82) is 0 Å². The fourth-order valence-electron chi connectivity index (χ4n) is 8.42. The zero-order valence-electron chi connectivity index (χ0n) is 31.0. The Morgan fingerprint density at radius 1 is 0.316 bits per heavy atom. The zero-order valence-corrected chi connectivity index (χ0v) is 31.0. The molecule has 0 saturated heterocycles. The van der Waals surface area contributed by atoms with Crippen LogP contribution in [0.4, 0.5) is 0 Å². The molecule has 3 aromatic heterocycles. The average molecular weight is 726 g/mol. The van der Waals surface area contributed by atoms with Gasteiger partial charge in [0, 0.05) is 38.5 Å². The summed E-state index contributed by atoms with van der Waals surface area (Å²) in [6, 6.07) is 75.6. The van der Waals surface area contributed by atoms with E-state index < -0.39 is 0 Å². The van der Waals surface area contributed by atoms with Gasteiger partial charge in [0.2, 0.25) is 0 Å². The van der Waals surface area contributed by atoms with Crippen LogP contribution in [-0.2, 0) is 0 Å². The van der Waals surface area contributed by atoms with E-state index in [4.69, 9.17) is 9.97 Å². The quantitative estimate of drug-likeness (QED) is 0.160. The number of aromatic nitrogens is 3. The first-order valence-corrected chi connectivity index (χ1v) is 19.4. The highest BCUT2D eigenvalue weighted by Gasteiger charge is 2.16. The van der Waals surface area contributed by atoms with Crippen molar-refractivity contribution in [2.45, 2.75) is 0 Å². The van der Waals surface area contributed by atoms with Gasteiger partial charge in [0.15, 0.2) is 0 Å². The van der Waals surface area contributed by atoms with Crippen LogP contribution in [0.5, 0.6) is 0 Å². The smallest absolute Gasteiger partial charge is 0.0722 e. The normalized spacial score (nSPS) is 11.5. The SMILES string of the molecule is c1ccc(-c2cc(-c3ccc4ccc5nc(-c6ccccc6)cc(-c6ccccc6)c5c4c3)cc(-c3ccc(-n4c5ccccc5c5ccccc54)cc3)n2)cc1. The summed E-state index contributed by atoms with van der Waals surface area (Å²) in [6.07, 6.45) is 0. The fourth-order valence-corrected chi connectivity index (χ4v) is 8.42. The Morgan fingerprint density at radius 3 is 1.42 bits per heavy atom. The van der Waals surface area contributed by atoms with E-state index >= 15 is 0 Å². The third-order valence-corrected chi connectivity index (χ3v) is 11.2. The fraction of sp³-hybridized carbons (Fsp3) is 0. The highest BCUT2D eigenvalue weighted by molar-refractivity contribution is 6.15. The molecule has 266 valence electrons. The van der Waals surface area contributed by atoms with Crippen molar-refractivity contribution < 1.29 is 0 Å². The van der Waals surface area contributed by atoms with Crippen molar-refractivity contribution in [2.24, 2.45) is 0 Å². The lowest BCUT2D eigenvalue weighted by Gasteiger charge is -2.15. The summed E-state index contributed by atoms with van der Waals surface area (Å²) in [5, 5.41) is 6.01. The second-order valence-corrected chi connectivity index (χ2v) is 14.6. The first-order valence-electron chi connectivity index (χ1n) is 19.4. The highest BCUT2D eigenvalue weighted by atomic mass is 15.0.